The molecule has 3 aromatic heterocycles. The van der Waals surface area contributed by atoms with Crippen LogP contribution >= 0.6 is 23.2 Å². The molecule has 0 unspecified atom stereocenters. The van der Waals surface area contributed by atoms with Crippen LogP contribution in [0.1, 0.15) is 48.9 Å². The number of benzene rings is 1. The van der Waals surface area contributed by atoms with Crippen molar-refractivity contribution in [1.29, 1.82) is 0 Å². The normalized spacial score (nSPS) is 21.5. The summed E-state index contributed by atoms with van der Waals surface area (Å²) in [4.78, 5) is 20.9. The molecule has 0 aliphatic carbocycles. The Morgan fingerprint density at radius 2 is 1.94 bits per heavy atom. The summed E-state index contributed by atoms with van der Waals surface area (Å²) in [6, 6.07) is 1.84. The van der Waals surface area contributed by atoms with E-state index in [0.717, 1.165) is 12.5 Å². The topological polar surface area (TPSA) is 129 Å². The molecule has 0 amide bonds. The number of fused-ring (bicyclic) bond motifs is 1. The average molecular weight is 726 g/mol. The molecule has 10 nitrogen and oxygen atoms in total. The highest BCUT2D eigenvalue weighted by Gasteiger charge is 2.49. The first kappa shape index (κ1) is 33.5. The van der Waals surface area contributed by atoms with Gasteiger partial charge in [0.1, 0.15) is 42.4 Å². The number of halogens is 7. The van der Waals surface area contributed by atoms with E-state index in [1.807, 2.05) is 4.90 Å². The van der Waals surface area contributed by atoms with Gasteiger partial charge in [-0.25, -0.2) is 18.7 Å². The standard InChI is InChI=1S/C32H31Cl2F5N8O2/c1-14-8-19(40)43-25(22(14)32(37,38)39)20-23(34)27-21-26(24(20)36)44-30(49-13-31-4-3-5-46(31)12-17(35)10-31)45-29(21)47(6-7-48-27)15(2)18-9-16(33)11-42-28(18)41/h8-9,11,15,17H,3-7,10,12-13H2,1-2H3,(H2,40,43)(H2,41,42)/t15-,17-,31+/m1/s1. The van der Waals surface area contributed by atoms with Crippen LogP contribution < -0.4 is 25.8 Å². The van der Waals surface area contributed by atoms with Crippen LogP contribution in [-0.4, -0.2) is 69.4 Å². The molecule has 2 fully saturated rings. The Morgan fingerprint density at radius 1 is 1.16 bits per heavy atom. The van der Waals surface area contributed by atoms with Crippen molar-refractivity contribution < 1.29 is 31.4 Å². The molecule has 0 radical (unpaired) electrons. The second kappa shape index (κ2) is 12.1. The van der Waals surface area contributed by atoms with Gasteiger partial charge in [0.15, 0.2) is 11.6 Å². The molecule has 0 bridgehead atoms. The summed E-state index contributed by atoms with van der Waals surface area (Å²) in [6.45, 7) is 4.10. The van der Waals surface area contributed by atoms with Crippen molar-refractivity contribution in [3.8, 4) is 23.0 Å². The van der Waals surface area contributed by atoms with Crippen molar-refractivity contribution in [2.45, 2.75) is 57.0 Å². The Labute approximate surface area is 287 Å². The number of aryl methyl sites for hydroxylation is 1. The highest BCUT2D eigenvalue weighted by atomic mass is 35.5. The van der Waals surface area contributed by atoms with E-state index in [1.165, 1.54) is 13.1 Å². The van der Waals surface area contributed by atoms with Gasteiger partial charge in [0, 0.05) is 24.7 Å². The number of hydrogen-bond acceptors (Lipinski definition) is 10. The summed E-state index contributed by atoms with van der Waals surface area (Å²) < 4.78 is 87.1. The zero-order valence-electron chi connectivity index (χ0n) is 26.3. The minimum absolute atomic E-state index is 0.00367. The zero-order chi connectivity index (χ0) is 35.0. The van der Waals surface area contributed by atoms with E-state index < -0.39 is 57.1 Å². The largest absolute Gasteiger partial charge is 0.489 e. The first-order valence-corrected chi connectivity index (χ1v) is 16.3. The average Bonchev–Trinajstić information content (AvgIpc) is 3.47. The number of nitrogens with two attached hydrogens (primary N) is 2. The molecule has 7 rings (SSSR count). The second-order valence-electron chi connectivity index (χ2n) is 12.7. The third-order valence-electron chi connectivity index (χ3n) is 9.61. The first-order chi connectivity index (χ1) is 23.2. The summed E-state index contributed by atoms with van der Waals surface area (Å²) in [7, 11) is 0. The minimum atomic E-state index is -4.94. The second-order valence-corrected chi connectivity index (χ2v) is 13.5. The van der Waals surface area contributed by atoms with Crippen LogP contribution in [0.4, 0.5) is 39.4 Å². The molecule has 260 valence electrons. The van der Waals surface area contributed by atoms with Gasteiger partial charge in [0.25, 0.3) is 0 Å². The highest BCUT2D eigenvalue weighted by Crippen LogP contribution is 2.51. The molecular weight excluding hydrogens is 694 g/mol. The van der Waals surface area contributed by atoms with Crippen LogP contribution in [0.25, 0.3) is 22.2 Å². The van der Waals surface area contributed by atoms with E-state index in [9.17, 15) is 17.6 Å². The number of pyridine rings is 2. The highest BCUT2D eigenvalue weighted by molar-refractivity contribution is 6.36. The molecular formula is C32H31Cl2F5N8O2. The van der Waals surface area contributed by atoms with Gasteiger partial charge in [-0.1, -0.05) is 23.2 Å². The third kappa shape index (κ3) is 5.69. The molecule has 49 heavy (non-hydrogen) atoms. The Bertz CT molecular complexity index is 1990. The number of rotatable bonds is 6. The van der Waals surface area contributed by atoms with Crippen molar-refractivity contribution >= 4 is 51.6 Å². The van der Waals surface area contributed by atoms with E-state index in [0.29, 0.717) is 23.6 Å². The molecule has 0 saturated carbocycles. The number of alkyl halides is 4. The molecule has 0 spiro atoms. The monoisotopic (exact) mass is 724 g/mol. The quantitative estimate of drug-likeness (QED) is 0.202. The molecule has 3 atom stereocenters. The van der Waals surface area contributed by atoms with E-state index in [4.69, 9.17) is 49.1 Å². The van der Waals surface area contributed by atoms with Crippen LogP contribution in [0.3, 0.4) is 0 Å². The fourth-order valence-electron chi connectivity index (χ4n) is 7.43. The lowest BCUT2D eigenvalue weighted by atomic mass is 9.95. The van der Waals surface area contributed by atoms with Gasteiger partial charge in [0.2, 0.25) is 0 Å². The predicted molar refractivity (Wildman–Crippen MR) is 175 cm³/mol. The molecule has 1 aromatic carbocycles. The Morgan fingerprint density at radius 3 is 2.69 bits per heavy atom. The fraction of sp³-hybridized carbons (Fsp3) is 0.438. The molecule has 6 heterocycles. The number of anilines is 3. The lowest BCUT2D eigenvalue weighted by Crippen LogP contribution is -2.43. The summed E-state index contributed by atoms with van der Waals surface area (Å²) >= 11 is 13.0. The smallest absolute Gasteiger partial charge is 0.418 e. The molecule has 3 aliphatic heterocycles. The van der Waals surface area contributed by atoms with Crippen LogP contribution in [0.5, 0.6) is 11.8 Å². The summed E-state index contributed by atoms with van der Waals surface area (Å²) in [5.74, 6) is -1.32. The lowest BCUT2D eigenvalue weighted by Gasteiger charge is -2.32. The van der Waals surface area contributed by atoms with Crippen molar-refractivity contribution in [2.24, 2.45) is 0 Å². The van der Waals surface area contributed by atoms with Crippen molar-refractivity contribution in [2.75, 3.05) is 49.2 Å². The third-order valence-corrected chi connectivity index (χ3v) is 10.2. The Hall–Kier alpha value is -3.95. The maximum absolute atomic E-state index is 17.0. The van der Waals surface area contributed by atoms with E-state index in [2.05, 4.69) is 15.0 Å². The molecule has 4 aromatic rings. The Kier molecular flexibility index (Phi) is 8.30. The van der Waals surface area contributed by atoms with Crippen molar-refractivity contribution in [3.05, 3.63) is 50.9 Å². The van der Waals surface area contributed by atoms with Crippen LogP contribution in [0, 0.1) is 12.7 Å². The molecule has 3 aliphatic rings. The maximum Gasteiger partial charge on any atom is 0.418 e. The summed E-state index contributed by atoms with van der Waals surface area (Å²) in [5, 5.41) is -0.145. The van der Waals surface area contributed by atoms with E-state index in [1.54, 1.807) is 17.9 Å². The van der Waals surface area contributed by atoms with Gasteiger partial charge >= 0.3 is 12.2 Å². The van der Waals surface area contributed by atoms with Crippen molar-refractivity contribution in [1.82, 2.24) is 24.8 Å². The first-order valence-electron chi connectivity index (χ1n) is 15.6. The number of nitrogen functional groups attached to an aromatic ring is 2. The van der Waals surface area contributed by atoms with Gasteiger partial charge in [-0.05, 0) is 50.9 Å². The maximum atomic E-state index is 17.0. The SMILES string of the molecule is Cc1cc(N)nc(-c2c(Cl)c3c4c(nc(OC[C@@]56CCCN5C[C@H](F)C6)nc4c2F)N([C@H](C)c2cc(Cl)cnc2N)CCO3)c1C(F)(F)F. The zero-order valence-corrected chi connectivity index (χ0v) is 27.9. The predicted octanol–water partition coefficient (Wildman–Crippen LogP) is 6.94. The van der Waals surface area contributed by atoms with Crippen LogP contribution in [0.15, 0.2) is 18.3 Å². The van der Waals surface area contributed by atoms with Gasteiger partial charge in [0.05, 0.1) is 50.4 Å². The van der Waals surface area contributed by atoms with E-state index >= 15 is 4.39 Å². The van der Waals surface area contributed by atoms with Crippen LogP contribution in [0.2, 0.25) is 10.0 Å². The van der Waals surface area contributed by atoms with E-state index in [-0.39, 0.29) is 72.9 Å². The van der Waals surface area contributed by atoms with Gasteiger partial charge in [-0.2, -0.15) is 23.1 Å². The summed E-state index contributed by atoms with van der Waals surface area (Å²) in [6.07, 6.45) is -2.78. The van der Waals surface area contributed by atoms with Gasteiger partial charge < -0.3 is 25.8 Å². The fourth-order valence-corrected chi connectivity index (χ4v) is 7.92. The van der Waals surface area contributed by atoms with Crippen molar-refractivity contribution in [3.63, 3.8) is 0 Å². The molecule has 4 N–H and O–H groups in total. The Balaban J connectivity index is 1.46. The minimum Gasteiger partial charge on any atom is -0.489 e. The number of hydrogen-bond donors (Lipinski definition) is 2. The van der Waals surface area contributed by atoms with Gasteiger partial charge in [-0.3, -0.25) is 4.90 Å². The number of aromatic nitrogens is 4. The number of ether oxygens (including phenoxy) is 2. The summed E-state index contributed by atoms with van der Waals surface area (Å²) in [5.41, 5.74) is 8.62. The van der Waals surface area contributed by atoms with Crippen LogP contribution in [-0.2, 0) is 6.18 Å². The lowest BCUT2D eigenvalue weighted by molar-refractivity contribution is -0.137. The molecule has 17 heteroatoms. The number of nitrogens with zero attached hydrogens (tertiary/aromatic N) is 6. The molecule has 2 saturated heterocycles. The van der Waals surface area contributed by atoms with Gasteiger partial charge in [-0.15, -0.1) is 0 Å².